The molecule has 0 aliphatic carbocycles. The number of hydrogen-bond donors (Lipinski definition) is 0. The van der Waals surface area contributed by atoms with Crippen molar-refractivity contribution in [2.45, 2.75) is 31.8 Å². The van der Waals surface area contributed by atoms with Gasteiger partial charge in [0.25, 0.3) is 5.91 Å². The van der Waals surface area contributed by atoms with Crippen LogP contribution in [0.1, 0.15) is 46.5 Å². The summed E-state index contributed by atoms with van der Waals surface area (Å²) in [4.78, 5) is 26.3. The lowest BCUT2D eigenvalue weighted by Gasteiger charge is -2.26. The van der Waals surface area contributed by atoms with Crippen LogP contribution in [0.2, 0.25) is 0 Å². The normalized spacial score (nSPS) is 21.1. The molecule has 2 aliphatic heterocycles. The predicted octanol–water partition coefficient (Wildman–Crippen LogP) is 1.18. The van der Waals surface area contributed by atoms with Crippen LogP contribution in [-0.2, 0) is 20.0 Å². The van der Waals surface area contributed by atoms with Crippen molar-refractivity contribution in [1.82, 2.24) is 29.5 Å². The lowest BCUT2D eigenvalue weighted by atomic mass is 10.1. The van der Waals surface area contributed by atoms with Crippen molar-refractivity contribution < 1.29 is 4.79 Å². The third-order valence-corrected chi connectivity index (χ3v) is 4.89. The van der Waals surface area contributed by atoms with Crippen LogP contribution in [0, 0.1) is 0 Å². The van der Waals surface area contributed by atoms with Gasteiger partial charge in [-0.2, -0.15) is 5.10 Å². The molecule has 2 aliphatic rings. The molecule has 1 atom stereocenters. The fourth-order valence-electron chi connectivity index (χ4n) is 3.59. The molecule has 24 heavy (non-hydrogen) atoms. The molecule has 0 N–H and O–H groups in total. The molecule has 7 nitrogen and oxygen atoms in total. The molecule has 1 amide bonds. The number of rotatable bonds is 2. The summed E-state index contributed by atoms with van der Waals surface area (Å²) in [5.74, 6) is 0.749. The molecule has 0 bridgehead atoms. The van der Waals surface area contributed by atoms with E-state index in [2.05, 4.69) is 22.0 Å². The summed E-state index contributed by atoms with van der Waals surface area (Å²) in [7, 11) is 3.93. The molecule has 0 spiro atoms. The molecule has 0 unspecified atom stereocenters. The molecule has 4 rings (SSSR count). The van der Waals surface area contributed by atoms with Gasteiger partial charge in [-0.25, -0.2) is 9.97 Å². The van der Waals surface area contributed by atoms with Crippen LogP contribution >= 0.6 is 0 Å². The second-order valence-corrected chi connectivity index (χ2v) is 6.72. The van der Waals surface area contributed by atoms with Crippen LogP contribution in [0.3, 0.4) is 0 Å². The van der Waals surface area contributed by atoms with E-state index >= 15 is 0 Å². The van der Waals surface area contributed by atoms with Gasteiger partial charge < -0.3 is 9.80 Å². The van der Waals surface area contributed by atoms with Gasteiger partial charge in [0.1, 0.15) is 5.69 Å². The van der Waals surface area contributed by atoms with E-state index in [1.807, 2.05) is 18.1 Å². The molecule has 2 aromatic heterocycles. The summed E-state index contributed by atoms with van der Waals surface area (Å²) in [6.07, 6.45) is 6.57. The topological polar surface area (TPSA) is 67.2 Å². The van der Waals surface area contributed by atoms with Gasteiger partial charge in [-0.15, -0.1) is 0 Å². The zero-order valence-corrected chi connectivity index (χ0v) is 14.1. The summed E-state index contributed by atoms with van der Waals surface area (Å²) in [6, 6.07) is 1.73. The Kier molecular flexibility index (Phi) is 3.80. The van der Waals surface area contributed by atoms with Crippen LogP contribution in [-0.4, -0.2) is 55.6 Å². The van der Waals surface area contributed by atoms with E-state index in [9.17, 15) is 4.79 Å². The first-order valence-electron chi connectivity index (χ1n) is 8.45. The zero-order valence-electron chi connectivity index (χ0n) is 14.1. The third kappa shape index (κ3) is 2.69. The molecule has 1 saturated heterocycles. The number of aryl methyl sites for hydroxylation is 1. The van der Waals surface area contributed by atoms with Gasteiger partial charge in [0.15, 0.2) is 5.82 Å². The van der Waals surface area contributed by atoms with Crippen LogP contribution in [0.15, 0.2) is 18.5 Å². The number of aromatic nitrogens is 4. The van der Waals surface area contributed by atoms with Gasteiger partial charge in [0.2, 0.25) is 0 Å². The van der Waals surface area contributed by atoms with Gasteiger partial charge >= 0.3 is 0 Å². The average molecular weight is 326 g/mol. The van der Waals surface area contributed by atoms with Gasteiger partial charge in [0.05, 0.1) is 6.04 Å². The minimum absolute atomic E-state index is 0.0286. The van der Waals surface area contributed by atoms with Crippen LogP contribution in [0.4, 0.5) is 0 Å². The van der Waals surface area contributed by atoms with Crippen molar-refractivity contribution in [3.63, 3.8) is 0 Å². The van der Waals surface area contributed by atoms with Gasteiger partial charge in [0, 0.05) is 56.8 Å². The number of amides is 1. The van der Waals surface area contributed by atoms with E-state index in [0.717, 1.165) is 50.4 Å². The number of carbonyl (C=O) groups excluding carboxylic acids is 1. The highest BCUT2D eigenvalue weighted by molar-refractivity contribution is 5.92. The first-order valence-corrected chi connectivity index (χ1v) is 8.45. The quantitative estimate of drug-likeness (QED) is 0.829. The van der Waals surface area contributed by atoms with E-state index in [-0.39, 0.29) is 11.9 Å². The maximum atomic E-state index is 12.8. The van der Waals surface area contributed by atoms with Crippen LogP contribution in [0.25, 0.3) is 0 Å². The maximum Gasteiger partial charge on any atom is 0.274 e. The van der Waals surface area contributed by atoms with Crippen molar-refractivity contribution >= 4 is 5.91 Å². The summed E-state index contributed by atoms with van der Waals surface area (Å²) in [5.41, 5.74) is 2.83. The number of likely N-dealkylation sites (tertiary alicyclic amines) is 1. The Hall–Kier alpha value is -2.28. The van der Waals surface area contributed by atoms with Crippen molar-refractivity contribution in [2.24, 2.45) is 7.05 Å². The Morgan fingerprint density at radius 3 is 2.96 bits per heavy atom. The second kappa shape index (κ2) is 5.98. The third-order valence-electron chi connectivity index (χ3n) is 4.89. The Morgan fingerprint density at radius 2 is 2.17 bits per heavy atom. The number of carbonyl (C=O) groups is 1. The van der Waals surface area contributed by atoms with E-state index in [1.54, 1.807) is 16.9 Å². The summed E-state index contributed by atoms with van der Waals surface area (Å²) >= 11 is 0. The molecule has 4 heterocycles. The molecular formula is C17H22N6O. The molecule has 126 valence electrons. The molecule has 0 aromatic carbocycles. The Morgan fingerprint density at radius 1 is 1.29 bits per heavy atom. The van der Waals surface area contributed by atoms with Crippen molar-refractivity contribution in [1.29, 1.82) is 0 Å². The minimum atomic E-state index is -0.0375. The zero-order chi connectivity index (χ0) is 16.7. The smallest absolute Gasteiger partial charge is 0.274 e. The fraction of sp³-hybridized carbons (Fsp3) is 0.529. The van der Waals surface area contributed by atoms with Crippen molar-refractivity contribution in [2.75, 3.05) is 20.1 Å². The Bertz CT molecular complexity index is 770. The van der Waals surface area contributed by atoms with Gasteiger partial charge in [-0.3, -0.25) is 9.48 Å². The highest BCUT2D eigenvalue weighted by atomic mass is 16.2. The van der Waals surface area contributed by atoms with Crippen molar-refractivity contribution in [3.05, 3.63) is 41.2 Å². The summed E-state index contributed by atoms with van der Waals surface area (Å²) in [6.45, 7) is 2.66. The molecule has 1 fully saturated rings. The van der Waals surface area contributed by atoms with E-state index in [0.29, 0.717) is 5.69 Å². The summed E-state index contributed by atoms with van der Waals surface area (Å²) in [5, 5.41) is 4.24. The van der Waals surface area contributed by atoms with E-state index < -0.39 is 0 Å². The van der Waals surface area contributed by atoms with Gasteiger partial charge in [-0.05, 0) is 26.0 Å². The molecular weight excluding hydrogens is 304 g/mol. The SMILES string of the molecule is CN1CCc2nc([C@H]3CCCN3C(=O)c3ccn(C)n3)ncc2C1. The van der Waals surface area contributed by atoms with E-state index in [4.69, 9.17) is 4.98 Å². The molecule has 2 aromatic rings. The first kappa shape index (κ1) is 15.3. The number of fused-ring (bicyclic) bond motifs is 1. The Labute approximate surface area is 141 Å². The lowest BCUT2D eigenvalue weighted by molar-refractivity contribution is 0.0722. The number of nitrogens with zero attached hydrogens (tertiary/aromatic N) is 6. The average Bonchev–Trinajstić information content (AvgIpc) is 3.22. The fourth-order valence-corrected chi connectivity index (χ4v) is 3.59. The van der Waals surface area contributed by atoms with E-state index in [1.165, 1.54) is 5.56 Å². The van der Waals surface area contributed by atoms with Gasteiger partial charge in [-0.1, -0.05) is 0 Å². The first-order chi connectivity index (χ1) is 11.6. The molecule has 0 radical (unpaired) electrons. The van der Waals surface area contributed by atoms with Crippen molar-refractivity contribution in [3.8, 4) is 0 Å². The second-order valence-electron chi connectivity index (χ2n) is 6.72. The lowest BCUT2D eigenvalue weighted by Crippen LogP contribution is -2.33. The highest BCUT2D eigenvalue weighted by Crippen LogP contribution is 2.31. The predicted molar refractivity (Wildman–Crippen MR) is 88.3 cm³/mol. The minimum Gasteiger partial charge on any atom is -0.327 e. The highest BCUT2D eigenvalue weighted by Gasteiger charge is 2.34. The van der Waals surface area contributed by atoms with Crippen LogP contribution in [0.5, 0.6) is 0 Å². The van der Waals surface area contributed by atoms with Crippen LogP contribution < -0.4 is 0 Å². The molecule has 7 heteroatoms. The molecule has 0 saturated carbocycles. The number of likely N-dealkylation sites (N-methyl/N-ethyl adjacent to an activating group) is 1. The Balaban J connectivity index is 1.60. The maximum absolute atomic E-state index is 12.8. The monoisotopic (exact) mass is 326 g/mol. The number of hydrogen-bond acceptors (Lipinski definition) is 5. The largest absolute Gasteiger partial charge is 0.327 e. The summed E-state index contributed by atoms with van der Waals surface area (Å²) < 4.78 is 1.66. The standard InChI is InChI=1S/C17H22N6O/c1-21-8-5-13-12(11-21)10-18-16(19-13)15-4-3-7-23(15)17(24)14-6-9-22(2)20-14/h6,9-10,15H,3-5,7-8,11H2,1-2H3/t15-/m1/s1.